The molecular formula is C49H32N4. The molecule has 2 heterocycles. The van der Waals surface area contributed by atoms with Crippen molar-refractivity contribution in [1.29, 1.82) is 0 Å². The standard InChI is InChI=1S/C49H32N4/c1-3-11-33(12-4-1)36-19-23-38(24-20-36)47-50-48(39-25-21-37(22-26-39)34-13-5-2-6-14-34)52-49(51-47)41-28-30-44-43-17-9-10-18-45(43)53(46(44)32-41)42-29-27-35-15-7-8-16-40(35)31-42/h1-32H. The van der Waals surface area contributed by atoms with Crippen molar-refractivity contribution >= 4 is 32.6 Å². The predicted octanol–water partition coefficient (Wildman–Crippen LogP) is 12.5. The van der Waals surface area contributed by atoms with E-state index in [1.165, 1.54) is 32.7 Å². The lowest BCUT2D eigenvalue weighted by Crippen LogP contribution is -2.00. The Morgan fingerprint density at radius 1 is 0.283 bits per heavy atom. The van der Waals surface area contributed by atoms with E-state index >= 15 is 0 Å². The molecule has 248 valence electrons. The van der Waals surface area contributed by atoms with Crippen LogP contribution in [0.2, 0.25) is 0 Å². The zero-order valence-corrected chi connectivity index (χ0v) is 28.8. The third-order valence-electron chi connectivity index (χ3n) is 10.1. The Hall–Kier alpha value is -7.17. The first-order valence-electron chi connectivity index (χ1n) is 17.9. The van der Waals surface area contributed by atoms with E-state index in [9.17, 15) is 0 Å². The van der Waals surface area contributed by atoms with E-state index < -0.39 is 0 Å². The molecule has 2 aromatic heterocycles. The molecule has 10 rings (SSSR count). The molecule has 53 heavy (non-hydrogen) atoms. The summed E-state index contributed by atoms with van der Waals surface area (Å²) in [5, 5.41) is 4.81. The van der Waals surface area contributed by atoms with E-state index in [1.807, 2.05) is 12.1 Å². The van der Waals surface area contributed by atoms with Crippen LogP contribution in [-0.4, -0.2) is 19.5 Å². The van der Waals surface area contributed by atoms with Gasteiger partial charge in [0.1, 0.15) is 0 Å². The Labute approximate surface area is 307 Å². The molecule has 0 radical (unpaired) electrons. The second-order valence-electron chi connectivity index (χ2n) is 13.3. The van der Waals surface area contributed by atoms with Crippen LogP contribution in [0, 0.1) is 0 Å². The van der Waals surface area contributed by atoms with E-state index in [2.05, 4.69) is 187 Å². The fraction of sp³-hybridized carbons (Fsp3) is 0. The Morgan fingerprint density at radius 3 is 1.36 bits per heavy atom. The van der Waals surface area contributed by atoms with Gasteiger partial charge in [-0.2, -0.15) is 0 Å². The lowest BCUT2D eigenvalue weighted by molar-refractivity contribution is 1.07. The van der Waals surface area contributed by atoms with Crippen LogP contribution in [0.1, 0.15) is 0 Å². The van der Waals surface area contributed by atoms with Gasteiger partial charge in [-0.05, 0) is 57.3 Å². The summed E-state index contributed by atoms with van der Waals surface area (Å²) in [4.78, 5) is 15.3. The molecule has 10 aromatic rings. The topological polar surface area (TPSA) is 43.6 Å². The molecule has 0 saturated heterocycles. The van der Waals surface area contributed by atoms with Crippen molar-refractivity contribution in [3.8, 4) is 62.1 Å². The number of benzene rings is 8. The van der Waals surface area contributed by atoms with E-state index in [1.54, 1.807) is 0 Å². The number of fused-ring (bicyclic) bond motifs is 4. The maximum Gasteiger partial charge on any atom is 0.164 e. The van der Waals surface area contributed by atoms with Gasteiger partial charge in [-0.25, -0.2) is 15.0 Å². The number of aromatic nitrogens is 4. The van der Waals surface area contributed by atoms with Gasteiger partial charge >= 0.3 is 0 Å². The molecule has 0 amide bonds. The first-order chi connectivity index (χ1) is 26.2. The van der Waals surface area contributed by atoms with Gasteiger partial charge in [-0.15, -0.1) is 0 Å². The SMILES string of the molecule is c1ccc(-c2ccc(-c3nc(-c4ccc(-c5ccccc5)cc4)nc(-c4ccc5c6ccccc6n(-c6ccc7ccccc7c6)c5c4)n3)cc2)cc1. The highest BCUT2D eigenvalue weighted by atomic mass is 15.0. The van der Waals surface area contributed by atoms with Gasteiger partial charge in [0.15, 0.2) is 17.5 Å². The van der Waals surface area contributed by atoms with Crippen LogP contribution in [0.3, 0.4) is 0 Å². The average molecular weight is 677 g/mol. The molecule has 4 nitrogen and oxygen atoms in total. The highest BCUT2D eigenvalue weighted by Gasteiger charge is 2.17. The largest absolute Gasteiger partial charge is 0.309 e. The highest BCUT2D eigenvalue weighted by Crippen LogP contribution is 2.36. The van der Waals surface area contributed by atoms with Gasteiger partial charge in [0.25, 0.3) is 0 Å². The first kappa shape index (κ1) is 30.6. The second kappa shape index (κ2) is 12.9. The van der Waals surface area contributed by atoms with E-state index in [0.29, 0.717) is 17.5 Å². The lowest BCUT2D eigenvalue weighted by Gasteiger charge is -2.11. The molecule has 0 N–H and O–H groups in total. The predicted molar refractivity (Wildman–Crippen MR) is 219 cm³/mol. The van der Waals surface area contributed by atoms with Crippen LogP contribution in [0.5, 0.6) is 0 Å². The third-order valence-corrected chi connectivity index (χ3v) is 10.1. The quantitative estimate of drug-likeness (QED) is 0.176. The maximum absolute atomic E-state index is 5.14. The molecule has 0 unspecified atom stereocenters. The number of hydrogen-bond donors (Lipinski definition) is 0. The summed E-state index contributed by atoms with van der Waals surface area (Å²) in [6.07, 6.45) is 0. The molecule has 0 spiro atoms. The van der Waals surface area contributed by atoms with Crippen molar-refractivity contribution in [3.63, 3.8) is 0 Å². The normalized spacial score (nSPS) is 11.4. The van der Waals surface area contributed by atoms with Crippen molar-refractivity contribution in [2.45, 2.75) is 0 Å². The molecule has 0 saturated carbocycles. The molecule has 0 atom stereocenters. The molecular weight excluding hydrogens is 645 g/mol. The molecule has 0 aliphatic rings. The van der Waals surface area contributed by atoms with Gasteiger partial charge < -0.3 is 4.57 Å². The molecule has 0 aliphatic heterocycles. The highest BCUT2D eigenvalue weighted by molar-refractivity contribution is 6.10. The van der Waals surface area contributed by atoms with Gasteiger partial charge in [-0.1, -0.05) is 170 Å². The van der Waals surface area contributed by atoms with Crippen molar-refractivity contribution in [1.82, 2.24) is 19.5 Å². The maximum atomic E-state index is 5.14. The number of nitrogens with zero attached hydrogens (tertiary/aromatic N) is 4. The van der Waals surface area contributed by atoms with E-state index in [-0.39, 0.29) is 0 Å². The average Bonchev–Trinajstić information content (AvgIpc) is 3.58. The van der Waals surface area contributed by atoms with Crippen molar-refractivity contribution in [2.75, 3.05) is 0 Å². The Morgan fingerprint density at radius 2 is 0.736 bits per heavy atom. The summed E-state index contributed by atoms with van der Waals surface area (Å²) < 4.78 is 2.36. The van der Waals surface area contributed by atoms with Gasteiger partial charge in [-0.3, -0.25) is 0 Å². The first-order valence-corrected chi connectivity index (χ1v) is 17.9. The fourth-order valence-corrected chi connectivity index (χ4v) is 7.35. The van der Waals surface area contributed by atoms with Crippen molar-refractivity contribution < 1.29 is 0 Å². The van der Waals surface area contributed by atoms with Crippen molar-refractivity contribution in [2.24, 2.45) is 0 Å². The van der Waals surface area contributed by atoms with E-state index in [0.717, 1.165) is 44.5 Å². The lowest BCUT2D eigenvalue weighted by atomic mass is 10.0. The van der Waals surface area contributed by atoms with Gasteiger partial charge in [0.05, 0.1) is 11.0 Å². The second-order valence-corrected chi connectivity index (χ2v) is 13.3. The van der Waals surface area contributed by atoms with E-state index in [4.69, 9.17) is 15.0 Å². The molecule has 0 fully saturated rings. The summed E-state index contributed by atoms with van der Waals surface area (Å²) in [5.74, 6) is 1.89. The van der Waals surface area contributed by atoms with Crippen LogP contribution in [0.25, 0.3) is 94.7 Å². The summed E-state index contributed by atoms with van der Waals surface area (Å²) in [7, 11) is 0. The third kappa shape index (κ3) is 5.63. The fourth-order valence-electron chi connectivity index (χ4n) is 7.35. The van der Waals surface area contributed by atoms with Crippen LogP contribution in [0.15, 0.2) is 194 Å². The van der Waals surface area contributed by atoms with Gasteiger partial charge in [0.2, 0.25) is 0 Å². The van der Waals surface area contributed by atoms with Crippen LogP contribution in [0.4, 0.5) is 0 Å². The Balaban J connectivity index is 1.14. The molecule has 0 aliphatic carbocycles. The minimum Gasteiger partial charge on any atom is -0.309 e. The summed E-state index contributed by atoms with van der Waals surface area (Å²) in [5.41, 5.74) is 10.8. The van der Waals surface area contributed by atoms with Crippen LogP contribution >= 0.6 is 0 Å². The van der Waals surface area contributed by atoms with Crippen LogP contribution in [-0.2, 0) is 0 Å². The van der Waals surface area contributed by atoms with Gasteiger partial charge in [0, 0.05) is 33.2 Å². The number of rotatable bonds is 6. The number of hydrogen-bond acceptors (Lipinski definition) is 3. The molecule has 8 aromatic carbocycles. The van der Waals surface area contributed by atoms with Crippen molar-refractivity contribution in [3.05, 3.63) is 194 Å². The summed E-state index contributed by atoms with van der Waals surface area (Å²) in [6, 6.07) is 68.1. The summed E-state index contributed by atoms with van der Waals surface area (Å²) >= 11 is 0. The monoisotopic (exact) mass is 676 g/mol. The van der Waals surface area contributed by atoms with Crippen LogP contribution < -0.4 is 0 Å². The molecule has 4 heteroatoms. The Bertz CT molecular complexity index is 2810. The zero-order chi connectivity index (χ0) is 35.1. The minimum atomic E-state index is 0.626. The zero-order valence-electron chi connectivity index (χ0n) is 28.8. The molecule has 0 bridgehead atoms. The smallest absolute Gasteiger partial charge is 0.164 e. The Kier molecular flexibility index (Phi) is 7.43. The summed E-state index contributed by atoms with van der Waals surface area (Å²) in [6.45, 7) is 0. The minimum absolute atomic E-state index is 0.626. The number of para-hydroxylation sites is 1.